The van der Waals surface area contributed by atoms with Crippen LogP contribution in [0.3, 0.4) is 0 Å². The molecule has 0 amide bonds. The molecule has 0 aliphatic carbocycles. The van der Waals surface area contributed by atoms with Gasteiger partial charge in [0.1, 0.15) is 11.6 Å². The Kier molecular flexibility index (Phi) is 8.25. The van der Waals surface area contributed by atoms with Crippen LogP contribution in [0.25, 0.3) is 0 Å². The highest BCUT2D eigenvalue weighted by Gasteiger charge is 2.21. The lowest BCUT2D eigenvalue weighted by atomic mass is 10.2. The van der Waals surface area contributed by atoms with E-state index in [-0.39, 0.29) is 24.3 Å². The van der Waals surface area contributed by atoms with E-state index in [0.717, 1.165) is 44.7 Å². The van der Waals surface area contributed by atoms with E-state index < -0.39 is 11.6 Å². The molecule has 1 heterocycles. The SMILES string of the molecule is CCNC(=NCc1cc(F)ccc1F)NCCCN1CC(C)OC(C)C1. The third-order valence-corrected chi connectivity index (χ3v) is 4.20. The number of morpholine rings is 1. The molecular formula is C19H30F2N4O. The molecule has 1 aromatic rings. The summed E-state index contributed by atoms with van der Waals surface area (Å²) in [6, 6.07) is 3.42. The maximum atomic E-state index is 13.7. The minimum absolute atomic E-state index is 0.0947. The highest BCUT2D eigenvalue weighted by molar-refractivity contribution is 5.79. The zero-order valence-corrected chi connectivity index (χ0v) is 15.9. The molecule has 1 aliphatic heterocycles. The number of rotatable bonds is 7. The molecule has 0 aromatic heterocycles. The van der Waals surface area contributed by atoms with Crippen molar-refractivity contribution in [3.05, 3.63) is 35.4 Å². The fourth-order valence-electron chi connectivity index (χ4n) is 3.15. The summed E-state index contributed by atoms with van der Waals surface area (Å²) in [7, 11) is 0. The summed E-state index contributed by atoms with van der Waals surface area (Å²) in [5.41, 5.74) is 0.249. The van der Waals surface area contributed by atoms with E-state index in [9.17, 15) is 8.78 Å². The van der Waals surface area contributed by atoms with Crippen molar-refractivity contribution < 1.29 is 13.5 Å². The number of aliphatic imine (C=N–C) groups is 1. The maximum Gasteiger partial charge on any atom is 0.191 e. The fourth-order valence-corrected chi connectivity index (χ4v) is 3.15. The molecule has 146 valence electrons. The van der Waals surface area contributed by atoms with Gasteiger partial charge < -0.3 is 15.4 Å². The molecule has 1 saturated heterocycles. The van der Waals surface area contributed by atoms with Gasteiger partial charge in [-0.15, -0.1) is 0 Å². The Morgan fingerprint density at radius 2 is 1.96 bits per heavy atom. The second kappa shape index (κ2) is 10.4. The van der Waals surface area contributed by atoms with Crippen LogP contribution in [0.15, 0.2) is 23.2 Å². The number of hydrogen-bond acceptors (Lipinski definition) is 3. The van der Waals surface area contributed by atoms with Crippen molar-refractivity contribution in [2.75, 3.05) is 32.7 Å². The maximum absolute atomic E-state index is 13.7. The zero-order chi connectivity index (χ0) is 18.9. The van der Waals surface area contributed by atoms with Crippen LogP contribution in [0.1, 0.15) is 32.8 Å². The van der Waals surface area contributed by atoms with Gasteiger partial charge in [-0.05, 0) is 45.4 Å². The summed E-state index contributed by atoms with van der Waals surface area (Å²) in [6.45, 7) is 10.6. The average molecular weight is 368 g/mol. The van der Waals surface area contributed by atoms with Gasteiger partial charge in [0.2, 0.25) is 0 Å². The quantitative estimate of drug-likeness (QED) is 0.441. The van der Waals surface area contributed by atoms with Crippen molar-refractivity contribution in [3.8, 4) is 0 Å². The number of nitrogens with one attached hydrogen (secondary N) is 2. The predicted octanol–water partition coefficient (Wildman–Crippen LogP) is 2.52. The van der Waals surface area contributed by atoms with Gasteiger partial charge in [-0.1, -0.05) is 0 Å². The van der Waals surface area contributed by atoms with Gasteiger partial charge in [-0.3, -0.25) is 4.90 Å². The fraction of sp³-hybridized carbons (Fsp3) is 0.632. The predicted molar refractivity (Wildman–Crippen MR) is 100 cm³/mol. The molecule has 1 fully saturated rings. The largest absolute Gasteiger partial charge is 0.373 e. The van der Waals surface area contributed by atoms with Crippen LogP contribution in [0.2, 0.25) is 0 Å². The van der Waals surface area contributed by atoms with E-state index in [2.05, 4.69) is 34.4 Å². The van der Waals surface area contributed by atoms with Gasteiger partial charge in [0.05, 0.1) is 18.8 Å². The first-order valence-electron chi connectivity index (χ1n) is 9.31. The van der Waals surface area contributed by atoms with Crippen LogP contribution >= 0.6 is 0 Å². The Bertz CT molecular complexity index is 587. The topological polar surface area (TPSA) is 48.9 Å². The monoisotopic (exact) mass is 368 g/mol. The highest BCUT2D eigenvalue weighted by Crippen LogP contribution is 2.11. The van der Waals surface area contributed by atoms with Crippen molar-refractivity contribution in [1.82, 2.24) is 15.5 Å². The average Bonchev–Trinajstić information content (AvgIpc) is 2.58. The highest BCUT2D eigenvalue weighted by atomic mass is 19.1. The minimum atomic E-state index is -0.455. The Labute approximate surface area is 154 Å². The van der Waals surface area contributed by atoms with Crippen molar-refractivity contribution in [2.45, 2.75) is 45.9 Å². The minimum Gasteiger partial charge on any atom is -0.373 e. The van der Waals surface area contributed by atoms with Crippen LogP contribution in [0.5, 0.6) is 0 Å². The first-order valence-corrected chi connectivity index (χ1v) is 9.31. The Hall–Kier alpha value is -1.73. The molecule has 0 bridgehead atoms. The van der Waals surface area contributed by atoms with Crippen LogP contribution < -0.4 is 10.6 Å². The molecule has 5 nitrogen and oxygen atoms in total. The number of hydrogen-bond donors (Lipinski definition) is 2. The summed E-state index contributed by atoms with van der Waals surface area (Å²) < 4.78 is 32.7. The summed E-state index contributed by atoms with van der Waals surface area (Å²) >= 11 is 0. The van der Waals surface area contributed by atoms with E-state index in [1.807, 2.05) is 6.92 Å². The van der Waals surface area contributed by atoms with E-state index in [1.54, 1.807) is 0 Å². The van der Waals surface area contributed by atoms with E-state index in [4.69, 9.17) is 4.74 Å². The molecule has 0 saturated carbocycles. The van der Waals surface area contributed by atoms with Gasteiger partial charge in [-0.25, -0.2) is 13.8 Å². The zero-order valence-electron chi connectivity index (χ0n) is 15.9. The number of halogens is 2. The van der Waals surface area contributed by atoms with Gasteiger partial charge in [0, 0.05) is 38.3 Å². The number of nitrogens with zero attached hydrogens (tertiary/aromatic N) is 2. The number of ether oxygens (including phenoxy) is 1. The van der Waals surface area contributed by atoms with Crippen LogP contribution in [-0.4, -0.2) is 55.8 Å². The lowest BCUT2D eigenvalue weighted by Gasteiger charge is -2.35. The molecule has 2 atom stereocenters. The first-order chi connectivity index (χ1) is 12.5. The molecular weight excluding hydrogens is 338 g/mol. The number of benzene rings is 1. The van der Waals surface area contributed by atoms with E-state index in [1.165, 1.54) is 6.07 Å². The van der Waals surface area contributed by atoms with Gasteiger partial charge in [0.25, 0.3) is 0 Å². The summed E-state index contributed by atoms with van der Waals surface area (Å²) in [5, 5.41) is 6.38. The molecule has 2 rings (SSSR count). The third kappa shape index (κ3) is 6.88. The van der Waals surface area contributed by atoms with E-state index in [0.29, 0.717) is 12.5 Å². The first kappa shape index (κ1) is 20.6. The molecule has 26 heavy (non-hydrogen) atoms. The molecule has 7 heteroatoms. The van der Waals surface area contributed by atoms with Crippen LogP contribution in [-0.2, 0) is 11.3 Å². The molecule has 1 aliphatic rings. The Balaban J connectivity index is 1.79. The summed E-state index contributed by atoms with van der Waals surface area (Å²) in [5.74, 6) is -0.287. The molecule has 0 radical (unpaired) electrons. The van der Waals surface area contributed by atoms with E-state index >= 15 is 0 Å². The van der Waals surface area contributed by atoms with Gasteiger partial charge in [0.15, 0.2) is 5.96 Å². The summed E-state index contributed by atoms with van der Waals surface area (Å²) in [6.07, 6.45) is 1.51. The molecule has 2 unspecified atom stereocenters. The van der Waals surface area contributed by atoms with Gasteiger partial charge >= 0.3 is 0 Å². The normalized spacial score (nSPS) is 21.7. The summed E-state index contributed by atoms with van der Waals surface area (Å²) in [4.78, 5) is 6.76. The molecule has 1 aromatic carbocycles. The molecule has 2 N–H and O–H groups in total. The second-order valence-electron chi connectivity index (χ2n) is 6.73. The van der Waals surface area contributed by atoms with Crippen molar-refractivity contribution in [3.63, 3.8) is 0 Å². The van der Waals surface area contributed by atoms with Crippen LogP contribution in [0, 0.1) is 11.6 Å². The van der Waals surface area contributed by atoms with Crippen molar-refractivity contribution >= 4 is 5.96 Å². The second-order valence-corrected chi connectivity index (χ2v) is 6.73. The Morgan fingerprint density at radius 1 is 1.23 bits per heavy atom. The van der Waals surface area contributed by atoms with Crippen molar-refractivity contribution in [1.29, 1.82) is 0 Å². The van der Waals surface area contributed by atoms with Gasteiger partial charge in [-0.2, -0.15) is 0 Å². The lowest BCUT2D eigenvalue weighted by Crippen LogP contribution is -2.46. The molecule has 0 spiro atoms. The van der Waals surface area contributed by atoms with Crippen molar-refractivity contribution in [2.24, 2.45) is 4.99 Å². The third-order valence-electron chi connectivity index (χ3n) is 4.20. The lowest BCUT2D eigenvalue weighted by molar-refractivity contribution is -0.0679. The van der Waals surface area contributed by atoms with Crippen LogP contribution in [0.4, 0.5) is 8.78 Å². The standard InChI is InChI=1S/C19H30F2N4O/c1-4-22-19(24-11-16-10-17(20)6-7-18(16)21)23-8-5-9-25-12-14(2)26-15(3)13-25/h6-7,10,14-15H,4-5,8-9,11-13H2,1-3H3,(H2,22,23,24). The Morgan fingerprint density at radius 3 is 2.65 bits per heavy atom. The smallest absolute Gasteiger partial charge is 0.191 e. The number of guanidine groups is 1.